The van der Waals surface area contributed by atoms with Gasteiger partial charge in [0.2, 0.25) is 0 Å². The topological polar surface area (TPSA) is 128 Å². The van der Waals surface area contributed by atoms with E-state index in [1.165, 1.54) is 10.7 Å². The molecule has 152 valence electrons. The van der Waals surface area contributed by atoms with E-state index in [0.29, 0.717) is 28.8 Å². The third kappa shape index (κ3) is 3.44. The Morgan fingerprint density at radius 3 is 2.97 bits per heavy atom. The minimum atomic E-state index is -3.15. The molecule has 3 N–H and O–H groups in total. The highest BCUT2D eigenvalue weighted by Crippen LogP contribution is 2.38. The maximum Gasteiger partial charge on any atom is 0.352 e. The minimum Gasteiger partial charge on any atom is -0.340 e. The third-order valence-electron chi connectivity index (χ3n) is 4.87. The number of hydrogen-bond acceptors (Lipinski definition) is 7. The zero-order valence-electron chi connectivity index (χ0n) is 14.9. The Balaban J connectivity index is 1.70. The van der Waals surface area contributed by atoms with Crippen molar-refractivity contribution in [2.45, 2.75) is 37.3 Å². The quantitative estimate of drug-likeness (QED) is 0.491. The van der Waals surface area contributed by atoms with Gasteiger partial charge < -0.3 is 11.1 Å². The summed E-state index contributed by atoms with van der Waals surface area (Å²) in [6.45, 7) is 0. The van der Waals surface area contributed by atoms with Gasteiger partial charge in [-0.3, -0.25) is 14.9 Å². The Hall–Kier alpha value is -2.99. The first kappa shape index (κ1) is 19.3. The van der Waals surface area contributed by atoms with E-state index in [1.54, 1.807) is 24.4 Å². The largest absolute Gasteiger partial charge is 0.352 e. The van der Waals surface area contributed by atoms with Crippen molar-refractivity contribution >= 4 is 27.8 Å². The number of nitro groups is 1. The summed E-state index contributed by atoms with van der Waals surface area (Å²) in [6, 6.07) is 2.72. The van der Waals surface area contributed by atoms with Crippen LogP contribution in [0.1, 0.15) is 29.1 Å². The number of aromatic nitrogens is 3. The lowest BCUT2D eigenvalue weighted by atomic mass is 9.87. The van der Waals surface area contributed by atoms with Gasteiger partial charge >= 0.3 is 5.00 Å². The number of alkyl halides is 2. The van der Waals surface area contributed by atoms with Crippen molar-refractivity contribution in [3.63, 3.8) is 0 Å². The monoisotopic (exact) mass is 422 g/mol. The van der Waals surface area contributed by atoms with Crippen molar-refractivity contribution in [2.24, 2.45) is 5.73 Å². The Morgan fingerprint density at radius 2 is 2.24 bits per heavy atom. The van der Waals surface area contributed by atoms with Crippen LogP contribution in [0.3, 0.4) is 0 Å². The zero-order valence-corrected chi connectivity index (χ0v) is 15.7. The van der Waals surface area contributed by atoms with Gasteiger partial charge in [-0.05, 0) is 36.3 Å². The number of nitrogens with one attached hydrogen (secondary N) is 1. The molecule has 9 nitrogen and oxygen atoms in total. The van der Waals surface area contributed by atoms with E-state index in [-0.39, 0.29) is 28.5 Å². The maximum absolute atomic E-state index is 14.2. The second kappa shape index (κ2) is 7.12. The fraction of sp³-hybridized carbons (Fsp3) is 0.353. The fourth-order valence-corrected chi connectivity index (χ4v) is 4.25. The van der Waals surface area contributed by atoms with Gasteiger partial charge in [0.15, 0.2) is 10.7 Å². The number of thiazole rings is 1. The van der Waals surface area contributed by atoms with E-state index in [1.807, 2.05) is 0 Å². The lowest BCUT2D eigenvalue weighted by Crippen LogP contribution is -2.59. The van der Waals surface area contributed by atoms with Crippen LogP contribution in [0.25, 0.3) is 16.8 Å². The highest BCUT2D eigenvalue weighted by atomic mass is 32.1. The molecule has 3 aromatic rings. The first-order valence-electron chi connectivity index (χ1n) is 8.80. The number of hydrogen-bond donors (Lipinski definition) is 2. The predicted octanol–water partition coefficient (Wildman–Crippen LogP) is 2.61. The van der Waals surface area contributed by atoms with Gasteiger partial charge in [-0.1, -0.05) is 6.07 Å². The lowest BCUT2D eigenvalue weighted by molar-refractivity contribution is -0.379. The van der Waals surface area contributed by atoms with Crippen LogP contribution in [-0.2, 0) is 0 Å². The van der Waals surface area contributed by atoms with Gasteiger partial charge in [-0.25, -0.2) is 18.3 Å². The van der Waals surface area contributed by atoms with Crippen molar-refractivity contribution in [1.82, 2.24) is 19.9 Å². The summed E-state index contributed by atoms with van der Waals surface area (Å²) in [5.74, 6) is -4.07. The molecule has 3 heterocycles. The van der Waals surface area contributed by atoms with Crippen LogP contribution in [0.2, 0.25) is 0 Å². The summed E-state index contributed by atoms with van der Waals surface area (Å²) in [6.07, 6.45) is 3.31. The Labute approximate surface area is 166 Å². The summed E-state index contributed by atoms with van der Waals surface area (Å²) in [5.41, 5.74) is 6.67. The van der Waals surface area contributed by atoms with E-state index in [0.717, 1.165) is 0 Å². The standard InChI is InChI=1S/C17H16F2N6O3S/c18-17(19)6-3-4-10(20)13(17)23-14(26)15-22-12(16(29-15)25(27)28)9-8-21-24-7-2-1-5-11(9)24/h1-2,5,7-8,10,13H,3-4,6,20H2,(H,23,26)/t10-,13-/m1/s1. The van der Waals surface area contributed by atoms with Crippen molar-refractivity contribution in [3.05, 3.63) is 45.7 Å². The molecule has 1 fully saturated rings. The molecular formula is C17H16F2N6O3S. The summed E-state index contributed by atoms with van der Waals surface area (Å²) in [5, 5.41) is 17.2. The van der Waals surface area contributed by atoms with Gasteiger partial charge in [-0.2, -0.15) is 5.10 Å². The molecule has 1 amide bonds. The molecule has 0 radical (unpaired) electrons. The number of fused-ring (bicyclic) bond motifs is 1. The maximum atomic E-state index is 14.2. The van der Waals surface area contributed by atoms with Crippen LogP contribution < -0.4 is 11.1 Å². The average molecular weight is 422 g/mol. The molecular weight excluding hydrogens is 406 g/mol. The van der Waals surface area contributed by atoms with E-state index < -0.39 is 28.8 Å². The molecule has 2 atom stereocenters. The molecule has 0 bridgehead atoms. The van der Waals surface area contributed by atoms with E-state index in [2.05, 4.69) is 15.4 Å². The van der Waals surface area contributed by atoms with Gasteiger partial charge in [-0.15, -0.1) is 0 Å². The molecule has 12 heteroatoms. The summed E-state index contributed by atoms with van der Waals surface area (Å²) < 4.78 is 29.9. The summed E-state index contributed by atoms with van der Waals surface area (Å²) in [4.78, 5) is 27.5. The molecule has 0 aromatic carbocycles. The lowest BCUT2D eigenvalue weighted by Gasteiger charge is -2.36. The van der Waals surface area contributed by atoms with Crippen molar-refractivity contribution in [2.75, 3.05) is 0 Å². The van der Waals surface area contributed by atoms with E-state index in [4.69, 9.17) is 5.73 Å². The SMILES string of the molecule is N[C@@H]1CCCC(F)(F)[C@@H]1NC(=O)c1nc(-c2cnn3ccccc23)c([N+](=O)[O-])s1. The van der Waals surface area contributed by atoms with Crippen molar-refractivity contribution < 1.29 is 18.5 Å². The number of nitrogens with two attached hydrogens (primary N) is 1. The second-order valence-electron chi connectivity index (χ2n) is 6.79. The number of halogens is 2. The number of pyridine rings is 1. The molecule has 1 saturated carbocycles. The molecule has 29 heavy (non-hydrogen) atoms. The molecule has 0 aliphatic heterocycles. The molecule has 4 rings (SSSR count). The Morgan fingerprint density at radius 1 is 1.45 bits per heavy atom. The number of carbonyl (C=O) groups is 1. The van der Waals surface area contributed by atoms with Crippen molar-refractivity contribution in [1.29, 1.82) is 0 Å². The molecule has 1 aliphatic carbocycles. The Bertz CT molecular complexity index is 1100. The van der Waals surface area contributed by atoms with Crippen molar-refractivity contribution in [3.8, 4) is 11.3 Å². The first-order valence-corrected chi connectivity index (χ1v) is 9.62. The predicted molar refractivity (Wildman–Crippen MR) is 101 cm³/mol. The number of rotatable bonds is 4. The molecule has 3 aromatic heterocycles. The molecule has 0 unspecified atom stereocenters. The minimum absolute atomic E-state index is 0.0361. The van der Waals surface area contributed by atoms with Gasteiger partial charge in [0, 0.05) is 18.7 Å². The second-order valence-corrected chi connectivity index (χ2v) is 7.76. The normalized spacial score (nSPS) is 21.2. The average Bonchev–Trinajstić information content (AvgIpc) is 3.28. The highest BCUT2D eigenvalue weighted by molar-refractivity contribution is 7.17. The van der Waals surface area contributed by atoms with Crippen LogP contribution in [0.5, 0.6) is 0 Å². The Kier molecular flexibility index (Phi) is 4.74. The highest BCUT2D eigenvalue weighted by Gasteiger charge is 2.47. The van der Waals surface area contributed by atoms with Gasteiger partial charge in [0.1, 0.15) is 6.04 Å². The summed E-state index contributed by atoms with van der Waals surface area (Å²) >= 11 is 0.527. The van der Waals surface area contributed by atoms with E-state index in [9.17, 15) is 23.7 Å². The zero-order chi connectivity index (χ0) is 20.8. The first-order chi connectivity index (χ1) is 13.8. The number of nitrogens with zero attached hydrogens (tertiary/aromatic N) is 4. The van der Waals surface area contributed by atoms with Crippen LogP contribution in [0, 0.1) is 10.1 Å². The van der Waals surface area contributed by atoms with Gasteiger partial charge in [0.05, 0.1) is 22.2 Å². The van der Waals surface area contributed by atoms with Crippen LogP contribution in [-0.4, -0.2) is 43.4 Å². The molecule has 0 spiro atoms. The van der Waals surface area contributed by atoms with E-state index >= 15 is 0 Å². The van der Waals surface area contributed by atoms with Crippen LogP contribution in [0.15, 0.2) is 30.6 Å². The fourth-order valence-electron chi connectivity index (χ4n) is 3.45. The number of amides is 1. The van der Waals surface area contributed by atoms with Crippen LogP contribution >= 0.6 is 11.3 Å². The summed E-state index contributed by atoms with van der Waals surface area (Å²) in [7, 11) is 0. The third-order valence-corrected chi connectivity index (χ3v) is 5.87. The van der Waals surface area contributed by atoms with Gasteiger partial charge in [0.25, 0.3) is 11.8 Å². The molecule has 0 saturated heterocycles. The number of carbonyl (C=O) groups excluding carboxylic acids is 1. The molecule has 1 aliphatic rings. The smallest absolute Gasteiger partial charge is 0.340 e. The van der Waals surface area contributed by atoms with Crippen LogP contribution in [0.4, 0.5) is 13.8 Å².